The maximum absolute atomic E-state index is 12.0. The highest BCUT2D eigenvalue weighted by Gasteiger charge is 2.16. The lowest BCUT2D eigenvalue weighted by Gasteiger charge is -2.12. The number of rotatable bonds is 9. The van der Waals surface area contributed by atoms with Crippen molar-refractivity contribution in [1.82, 2.24) is 14.9 Å². The van der Waals surface area contributed by atoms with Crippen LogP contribution in [0.15, 0.2) is 34.2 Å². The van der Waals surface area contributed by atoms with E-state index in [-0.39, 0.29) is 4.90 Å². The molecule has 0 atom stereocenters. The molecule has 0 unspecified atom stereocenters. The second-order valence-electron chi connectivity index (χ2n) is 5.25. The molecular formula is C16H28N4O3S. The standard InChI is InChI=1S/C16H28N4O3S/c1-5-17-16(18-11-12-23-6-2)19-13-14-7-9-15(10-8-14)24(21,22)20(3)4/h7-10H,5-6,11-13H2,1-4H3,(H2,17,18,19). The minimum Gasteiger partial charge on any atom is -0.380 e. The Kier molecular flexibility index (Phi) is 8.73. The van der Waals surface area contributed by atoms with Gasteiger partial charge in [-0.3, -0.25) is 0 Å². The SMILES string of the molecule is CCNC(=NCc1ccc(S(=O)(=O)N(C)C)cc1)NCCOCC. The van der Waals surface area contributed by atoms with Crippen LogP contribution in [0.3, 0.4) is 0 Å². The van der Waals surface area contributed by atoms with Gasteiger partial charge in [-0.2, -0.15) is 0 Å². The largest absolute Gasteiger partial charge is 0.380 e. The maximum Gasteiger partial charge on any atom is 0.242 e. The van der Waals surface area contributed by atoms with Crippen LogP contribution in [-0.2, 0) is 21.3 Å². The maximum atomic E-state index is 12.0. The first kappa shape index (κ1) is 20.4. The zero-order valence-electron chi connectivity index (χ0n) is 14.9. The molecule has 136 valence electrons. The van der Waals surface area contributed by atoms with Crippen LogP contribution < -0.4 is 10.6 Å². The lowest BCUT2D eigenvalue weighted by Crippen LogP contribution is -2.39. The van der Waals surface area contributed by atoms with Gasteiger partial charge < -0.3 is 15.4 Å². The smallest absolute Gasteiger partial charge is 0.242 e. The van der Waals surface area contributed by atoms with Crippen LogP contribution in [0.25, 0.3) is 0 Å². The van der Waals surface area contributed by atoms with E-state index in [2.05, 4.69) is 15.6 Å². The summed E-state index contributed by atoms with van der Waals surface area (Å²) < 4.78 is 30.5. The van der Waals surface area contributed by atoms with Gasteiger partial charge in [-0.05, 0) is 31.5 Å². The number of nitrogens with one attached hydrogen (secondary N) is 2. The molecule has 0 aliphatic carbocycles. The van der Waals surface area contributed by atoms with Crippen molar-refractivity contribution in [1.29, 1.82) is 0 Å². The van der Waals surface area contributed by atoms with E-state index >= 15 is 0 Å². The number of hydrogen-bond acceptors (Lipinski definition) is 4. The molecule has 0 heterocycles. The van der Waals surface area contributed by atoms with Gasteiger partial charge in [0.1, 0.15) is 0 Å². The summed E-state index contributed by atoms with van der Waals surface area (Å²) in [5.74, 6) is 0.710. The van der Waals surface area contributed by atoms with Crippen LogP contribution >= 0.6 is 0 Å². The first-order valence-electron chi connectivity index (χ1n) is 8.03. The summed E-state index contributed by atoms with van der Waals surface area (Å²) in [6.07, 6.45) is 0. The summed E-state index contributed by atoms with van der Waals surface area (Å²) in [5, 5.41) is 6.35. The highest BCUT2D eigenvalue weighted by molar-refractivity contribution is 7.89. The highest BCUT2D eigenvalue weighted by atomic mass is 32.2. The van der Waals surface area contributed by atoms with Gasteiger partial charge in [-0.25, -0.2) is 17.7 Å². The van der Waals surface area contributed by atoms with Gasteiger partial charge in [0.15, 0.2) is 5.96 Å². The zero-order valence-corrected chi connectivity index (χ0v) is 15.7. The molecule has 8 heteroatoms. The highest BCUT2D eigenvalue weighted by Crippen LogP contribution is 2.14. The molecule has 0 aliphatic rings. The molecule has 0 bridgehead atoms. The third kappa shape index (κ3) is 6.46. The van der Waals surface area contributed by atoms with Crippen molar-refractivity contribution in [2.24, 2.45) is 4.99 Å². The predicted molar refractivity (Wildman–Crippen MR) is 96.6 cm³/mol. The van der Waals surface area contributed by atoms with E-state index in [1.165, 1.54) is 18.4 Å². The Morgan fingerprint density at radius 3 is 2.38 bits per heavy atom. The number of guanidine groups is 1. The van der Waals surface area contributed by atoms with Crippen molar-refractivity contribution in [2.75, 3.05) is 40.4 Å². The number of ether oxygens (including phenoxy) is 1. The molecule has 0 saturated carbocycles. The molecule has 0 saturated heterocycles. The number of hydrogen-bond donors (Lipinski definition) is 2. The van der Waals surface area contributed by atoms with Gasteiger partial charge in [-0.15, -0.1) is 0 Å². The molecule has 7 nitrogen and oxygen atoms in total. The van der Waals surface area contributed by atoms with Crippen LogP contribution in [0, 0.1) is 0 Å². The minimum atomic E-state index is -3.39. The molecule has 1 aromatic rings. The summed E-state index contributed by atoms with van der Waals surface area (Å²) in [4.78, 5) is 4.77. The Morgan fingerprint density at radius 2 is 1.83 bits per heavy atom. The Labute approximate surface area is 145 Å². The molecule has 0 spiro atoms. The van der Waals surface area contributed by atoms with Gasteiger partial charge in [0.2, 0.25) is 10.0 Å². The molecule has 0 amide bonds. The van der Waals surface area contributed by atoms with Gasteiger partial charge in [0.25, 0.3) is 0 Å². The fourth-order valence-electron chi connectivity index (χ4n) is 1.88. The number of sulfonamides is 1. The minimum absolute atomic E-state index is 0.280. The molecule has 0 aromatic heterocycles. The second-order valence-corrected chi connectivity index (χ2v) is 7.40. The first-order chi connectivity index (χ1) is 11.4. The molecule has 1 aromatic carbocycles. The van der Waals surface area contributed by atoms with Gasteiger partial charge >= 0.3 is 0 Å². The summed E-state index contributed by atoms with van der Waals surface area (Å²) in [6, 6.07) is 6.78. The van der Waals surface area contributed by atoms with Crippen molar-refractivity contribution < 1.29 is 13.2 Å². The Morgan fingerprint density at radius 1 is 1.17 bits per heavy atom. The lowest BCUT2D eigenvalue weighted by atomic mass is 10.2. The van der Waals surface area contributed by atoms with Crippen LogP contribution in [0.5, 0.6) is 0 Å². The Hall–Kier alpha value is -1.64. The summed E-state index contributed by atoms with van der Waals surface area (Å²) >= 11 is 0. The first-order valence-corrected chi connectivity index (χ1v) is 9.47. The van der Waals surface area contributed by atoms with Gasteiger partial charge in [0, 0.05) is 33.8 Å². The summed E-state index contributed by atoms with van der Waals surface area (Å²) in [5.41, 5.74) is 0.940. The predicted octanol–water partition coefficient (Wildman–Crippen LogP) is 1.03. The van der Waals surface area contributed by atoms with Crippen molar-refractivity contribution in [3.05, 3.63) is 29.8 Å². The average molecular weight is 356 g/mol. The van der Waals surface area contributed by atoms with E-state index < -0.39 is 10.0 Å². The Balaban J connectivity index is 2.69. The lowest BCUT2D eigenvalue weighted by molar-refractivity contribution is 0.152. The monoisotopic (exact) mass is 356 g/mol. The van der Waals surface area contributed by atoms with E-state index in [0.29, 0.717) is 32.3 Å². The molecular weight excluding hydrogens is 328 g/mol. The molecule has 0 radical (unpaired) electrons. The molecule has 0 aliphatic heterocycles. The molecule has 0 fully saturated rings. The topological polar surface area (TPSA) is 83.0 Å². The van der Waals surface area contributed by atoms with Crippen molar-refractivity contribution in [3.8, 4) is 0 Å². The normalized spacial score (nSPS) is 12.5. The van der Waals surface area contributed by atoms with E-state index in [1.54, 1.807) is 24.3 Å². The summed E-state index contributed by atoms with van der Waals surface area (Å²) in [7, 11) is -0.356. The van der Waals surface area contributed by atoms with Crippen molar-refractivity contribution in [2.45, 2.75) is 25.3 Å². The zero-order chi connectivity index (χ0) is 18.0. The average Bonchev–Trinajstić information content (AvgIpc) is 2.56. The van der Waals surface area contributed by atoms with E-state index in [9.17, 15) is 8.42 Å². The number of aliphatic imine (C=N–C) groups is 1. The third-order valence-corrected chi connectivity index (χ3v) is 5.04. The fraction of sp³-hybridized carbons (Fsp3) is 0.562. The van der Waals surface area contributed by atoms with Crippen LogP contribution in [0.1, 0.15) is 19.4 Å². The van der Waals surface area contributed by atoms with Gasteiger partial charge in [0.05, 0.1) is 18.0 Å². The van der Waals surface area contributed by atoms with E-state index in [0.717, 1.165) is 12.1 Å². The van der Waals surface area contributed by atoms with E-state index in [4.69, 9.17) is 4.74 Å². The second kappa shape index (κ2) is 10.3. The fourth-order valence-corrected chi connectivity index (χ4v) is 2.78. The molecule has 2 N–H and O–H groups in total. The molecule has 1 rings (SSSR count). The van der Waals surface area contributed by atoms with Gasteiger partial charge in [-0.1, -0.05) is 12.1 Å². The third-order valence-electron chi connectivity index (χ3n) is 3.21. The molecule has 24 heavy (non-hydrogen) atoms. The number of nitrogens with zero attached hydrogens (tertiary/aromatic N) is 2. The summed E-state index contributed by atoms with van der Waals surface area (Å²) in [6.45, 7) is 7.18. The van der Waals surface area contributed by atoms with Crippen LogP contribution in [-0.4, -0.2) is 59.1 Å². The van der Waals surface area contributed by atoms with E-state index in [1.807, 2.05) is 13.8 Å². The van der Waals surface area contributed by atoms with Crippen molar-refractivity contribution in [3.63, 3.8) is 0 Å². The Bertz CT molecular complexity index is 613. The van der Waals surface area contributed by atoms with Crippen molar-refractivity contribution >= 4 is 16.0 Å². The van der Waals surface area contributed by atoms with Crippen LogP contribution in [0.2, 0.25) is 0 Å². The number of benzene rings is 1. The van der Waals surface area contributed by atoms with Crippen LogP contribution in [0.4, 0.5) is 0 Å². The quantitative estimate of drug-likeness (QED) is 0.392.